The van der Waals surface area contributed by atoms with Crippen molar-refractivity contribution in [3.63, 3.8) is 0 Å². The highest BCUT2D eigenvalue weighted by molar-refractivity contribution is 5.68. The number of anilines is 3. The molecule has 2 aliphatic rings. The second-order valence-electron chi connectivity index (χ2n) is 7.98. The molecule has 4 N–H and O–H groups in total. The number of aromatic nitrogens is 4. The standard InChI is InChI=1S/C22H25N9/c23-8-15-1-2-18(7-21(15)29-19-12-25-13-19)30-22-26-9-16(10-27-22)17-11-28-31(14-17)20-3-5-24-6-4-20/h1-2,7,9-11,14,19-20,24-25,29H,3-6,12-13H2,(H,26,27,30). The molecule has 9 heteroatoms. The van der Waals surface area contributed by atoms with Crippen molar-refractivity contribution in [3.8, 4) is 17.2 Å². The van der Waals surface area contributed by atoms with E-state index < -0.39 is 0 Å². The number of benzene rings is 1. The monoisotopic (exact) mass is 415 g/mol. The fourth-order valence-corrected chi connectivity index (χ4v) is 3.88. The Kier molecular flexibility index (Phi) is 5.48. The first-order valence-corrected chi connectivity index (χ1v) is 10.6. The normalized spacial score (nSPS) is 17.0. The predicted octanol–water partition coefficient (Wildman–Crippen LogP) is 2.26. The number of hydrogen-bond acceptors (Lipinski definition) is 8. The van der Waals surface area contributed by atoms with Gasteiger partial charge in [0.2, 0.25) is 5.95 Å². The molecule has 0 atom stereocenters. The SMILES string of the molecule is N#Cc1ccc(Nc2ncc(-c3cnn(C4CCNCC4)c3)cn2)cc1NC1CNC1. The number of nitriles is 1. The largest absolute Gasteiger partial charge is 0.379 e. The van der Waals surface area contributed by atoms with E-state index in [0.29, 0.717) is 23.6 Å². The summed E-state index contributed by atoms with van der Waals surface area (Å²) in [7, 11) is 0. The Bertz CT molecular complexity index is 1070. The zero-order valence-corrected chi connectivity index (χ0v) is 17.2. The van der Waals surface area contributed by atoms with Crippen molar-refractivity contribution in [2.75, 3.05) is 36.8 Å². The molecule has 0 amide bonds. The minimum Gasteiger partial charge on any atom is -0.379 e. The lowest BCUT2D eigenvalue weighted by molar-refractivity contribution is 0.343. The van der Waals surface area contributed by atoms with Crippen LogP contribution in [-0.4, -0.2) is 52.0 Å². The summed E-state index contributed by atoms with van der Waals surface area (Å²) in [6.07, 6.45) is 9.76. The van der Waals surface area contributed by atoms with E-state index in [0.717, 1.165) is 61.5 Å². The van der Waals surface area contributed by atoms with E-state index >= 15 is 0 Å². The minimum atomic E-state index is 0.351. The van der Waals surface area contributed by atoms with Crippen LogP contribution in [0.4, 0.5) is 17.3 Å². The quantitative estimate of drug-likeness (QED) is 0.485. The van der Waals surface area contributed by atoms with Crippen LogP contribution in [0.25, 0.3) is 11.1 Å². The Morgan fingerprint density at radius 2 is 1.84 bits per heavy atom. The van der Waals surface area contributed by atoms with Crippen LogP contribution in [0.5, 0.6) is 0 Å². The molecule has 0 bridgehead atoms. The third-order valence-corrected chi connectivity index (χ3v) is 5.81. The van der Waals surface area contributed by atoms with Gasteiger partial charge in [0, 0.05) is 48.5 Å². The van der Waals surface area contributed by atoms with Crippen LogP contribution in [0.1, 0.15) is 24.4 Å². The topological polar surface area (TPSA) is 116 Å². The van der Waals surface area contributed by atoms with Crippen LogP contribution < -0.4 is 21.3 Å². The Labute approximate surface area is 180 Å². The third-order valence-electron chi connectivity index (χ3n) is 5.81. The Morgan fingerprint density at radius 3 is 2.55 bits per heavy atom. The van der Waals surface area contributed by atoms with Crippen LogP contribution in [0.2, 0.25) is 0 Å². The number of nitrogens with one attached hydrogen (secondary N) is 4. The number of hydrogen-bond donors (Lipinski definition) is 4. The molecule has 2 aliphatic heterocycles. The van der Waals surface area contributed by atoms with E-state index in [1.54, 1.807) is 6.07 Å². The first-order chi connectivity index (χ1) is 15.3. The first-order valence-electron chi connectivity index (χ1n) is 10.6. The van der Waals surface area contributed by atoms with Gasteiger partial charge in [-0.05, 0) is 44.1 Å². The van der Waals surface area contributed by atoms with Gasteiger partial charge in [0.15, 0.2) is 0 Å². The fourth-order valence-electron chi connectivity index (χ4n) is 3.88. The Hall–Kier alpha value is -3.48. The molecule has 1 aromatic carbocycles. The third kappa shape index (κ3) is 4.35. The smallest absolute Gasteiger partial charge is 0.227 e. The Balaban J connectivity index is 1.28. The number of rotatable bonds is 6. The molecule has 0 spiro atoms. The maximum atomic E-state index is 9.37. The molecule has 0 aliphatic carbocycles. The summed E-state index contributed by atoms with van der Waals surface area (Å²) in [5.41, 5.74) is 4.23. The summed E-state index contributed by atoms with van der Waals surface area (Å²) in [6.45, 7) is 3.88. The fraction of sp³-hybridized carbons (Fsp3) is 0.364. The molecule has 2 fully saturated rings. The maximum absolute atomic E-state index is 9.37. The molecule has 0 saturated carbocycles. The summed E-state index contributed by atoms with van der Waals surface area (Å²) in [5, 5.41) is 27.1. The van der Waals surface area contributed by atoms with Gasteiger partial charge in [-0.1, -0.05) is 0 Å². The van der Waals surface area contributed by atoms with Crippen molar-refractivity contribution < 1.29 is 0 Å². The van der Waals surface area contributed by atoms with Crippen LogP contribution in [-0.2, 0) is 0 Å². The van der Waals surface area contributed by atoms with Gasteiger partial charge >= 0.3 is 0 Å². The molecule has 2 aromatic heterocycles. The molecule has 0 radical (unpaired) electrons. The molecular weight excluding hydrogens is 390 g/mol. The van der Waals surface area contributed by atoms with Crippen LogP contribution in [0.3, 0.4) is 0 Å². The van der Waals surface area contributed by atoms with E-state index in [-0.39, 0.29) is 0 Å². The van der Waals surface area contributed by atoms with Crippen molar-refractivity contribution in [2.45, 2.75) is 24.9 Å². The highest BCUT2D eigenvalue weighted by Gasteiger charge is 2.18. The average molecular weight is 416 g/mol. The lowest BCUT2D eigenvalue weighted by Crippen LogP contribution is -2.51. The highest BCUT2D eigenvalue weighted by Crippen LogP contribution is 2.25. The second-order valence-corrected chi connectivity index (χ2v) is 7.98. The van der Waals surface area contributed by atoms with Gasteiger partial charge in [0.1, 0.15) is 6.07 Å². The highest BCUT2D eigenvalue weighted by atomic mass is 15.3. The molecule has 4 heterocycles. The van der Waals surface area contributed by atoms with Crippen molar-refractivity contribution in [2.24, 2.45) is 0 Å². The molecule has 3 aromatic rings. The van der Waals surface area contributed by atoms with E-state index in [2.05, 4.69) is 53.3 Å². The van der Waals surface area contributed by atoms with Gasteiger partial charge in [-0.2, -0.15) is 10.4 Å². The zero-order chi connectivity index (χ0) is 21.0. The molecule has 31 heavy (non-hydrogen) atoms. The van der Waals surface area contributed by atoms with Gasteiger partial charge in [0.25, 0.3) is 0 Å². The van der Waals surface area contributed by atoms with Crippen LogP contribution in [0.15, 0.2) is 43.0 Å². The number of nitrogens with zero attached hydrogens (tertiary/aromatic N) is 5. The van der Waals surface area contributed by atoms with E-state index in [1.165, 1.54) is 0 Å². The Morgan fingerprint density at radius 1 is 1.03 bits per heavy atom. The molecular formula is C22H25N9. The van der Waals surface area contributed by atoms with Gasteiger partial charge in [-0.25, -0.2) is 9.97 Å². The number of piperidine rings is 1. The van der Waals surface area contributed by atoms with Crippen molar-refractivity contribution in [3.05, 3.63) is 48.5 Å². The second kappa shape index (κ2) is 8.71. The lowest BCUT2D eigenvalue weighted by Gasteiger charge is -2.29. The molecule has 158 valence electrons. The van der Waals surface area contributed by atoms with E-state index in [1.807, 2.05) is 30.7 Å². The molecule has 9 nitrogen and oxygen atoms in total. The first kappa shape index (κ1) is 19.5. The summed E-state index contributed by atoms with van der Waals surface area (Å²) in [5.74, 6) is 0.510. The summed E-state index contributed by atoms with van der Waals surface area (Å²) < 4.78 is 2.06. The zero-order valence-electron chi connectivity index (χ0n) is 17.2. The maximum Gasteiger partial charge on any atom is 0.227 e. The summed E-state index contributed by atoms with van der Waals surface area (Å²) >= 11 is 0. The van der Waals surface area contributed by atoms with Crippen molar-refractivity contribution in [1.82, 2.24) is 30.4 Å². The van der Waals surface area contributed by atoms with E-state index in [9.17, 15) is 5.26 Å². The van der Waals surface area contributed by atoms with Gasteiger partial charge in [0.05, 0.1) is 29.5 Å². The van der Waals surface area contributed by atoms with Gasteiger partial charge < -0.3 is 21.3 Å². The lowest BCUT2D eigenvalue weighted by atomic mass is 10.1. The van der Waals surface area contributed by atoms with Crippen LogP contribution in [0, 0.1) is 11.3 Å². The van der Waals surface area contributed by atoms with Crippen molar-refractivity contribution in [1.29, 1.82) is 5.26 Å². The van der Waals surface area contributed by atoms with Crippen LogP contribution >= 0.6 is 0 Å². The molecule has 0 unspecified atom stereocenters. The average Bonchev–Trinajstić information content (AvgIpc) is 3.28. The van der Waals surface area contributed by atoms with Gasteiger partial charge in [-0.15, -0.1) is 0 Å². The van der Waals surface area contributed by atoms with Crippen molar-refractivity contribution >= 4 is 17.3 Å². The summed E-state index contributed by atoms with van der Waals surface area (Å²) in [6, 6.07) is 8.64. The predicted molar refractivity (Wildman–Crippen MR) is 119 cm³/mol. The van der Waals surface area contributed by atoms with Gasteiger partial charge in [-0.3, -0.25) is 4.68 Å². The molecule has 2 saturated heterocycles. The van der Waals surface area contributed by atoms with E-state index in [4.69, 9.17) is 0 Å². The minimum absolute atomic E-state index is 0.351. The molecule has 5 rings (SSSR count). The summed E-state index contributed by atoms with van der Waals surface area (Å²) in [4.78, 5) is 8.94.